The van der Waals surface area contributed by atoms with Crippen LogP contribution in [0.25, 0.3) is 10.7 Å². The molecule has 162 valence electrons. The van der Waals surface area contributed by atoms with Crippen molar-refractivity contribution < 1.29 is 18.8 Å². The molecule has 3 heterocycles. The number of piperidine rings is 1. The van der Waals surface area contributed by atoms with Gasteiger partial charge in [0.15, 0.2) is 0 Å². The number of carbonyl (C=O) groups excluding carboxylic acids is 2. The third-order valence-electron chi connectivity index (χ3n) is 5.36. The number of aromatic nitrogens is 2. The van der Waals surface area contributed by atoms with Crippen molar-refractivity contribution in [2.45, 2.75) is 26.3 Å². The minimum absolute atomic E-state index is 0.0559. The SMILES string of the molecule is COC(=O)c1ccc(C)c(NC(=O)C2CCCN(Cc3nc(-c4cccs4)no3)C2)c1. The first-order valence-electron chi connectivity index (χ1n) is 10.1. The van der Waals surface area contributed by atoms with Crippen molar-refractivity contribution in [1.82, 2.24) is 15.0 Å². The summed E-state index contributed by atoms with van der Waals surface area (Å²) in [5, 5.41) is 9.01. The molecule has 1 unspecified atom stereocenters. The number of anilines is 1. The van der Waals surface area contributed by atoms with E-state index < -0.39 is 5.97 Å². The lowest BCUT2D eigenvalue weighted by molar-refractivity contribution is -0.121. The van der Waals surface area contributed by atoms with Gasteiger partial charge in [0.25, 0.3) is 0 Å². The molecule has 1 aromatic carbocycles. The Balaban J connectivity index is 1.38. The van der Waals surface area contributed by atoms with Crippen molar-refractivity contribution in [3.8, 4) is 10.7 Å². The first kappa shape index (κ1) is 21.2. The highest BCUT2D eigenvalue weighted by atomic mass is 32.1. The van der Waals surface area contributed by atoms with Gasteiger partial charge in [-0.1, -0.05) is 17.3 Å². The molecule has 1 N–H and O–H groups in total. The number of hydrogen-bond donors (Lipinski definition) is 1. The second kappa shape index (κ2) is 9.40. The van der Waals surface area contributed by atoms with E-state index in [1.165, 1.54) is 7.11 Å². The van der Waals surface area contributed by atoms with Gasteiger partial charge in [-0.25, -0.2) is 4.79 Å². The first-order valence-corrected chi connectivity index (χ1v) is 11.0. The maximum Gasteiger partial charge on any atom is 0.337 e. The summed E-state index contributed by atoms with van der Waals surface area (Å²) in [5.74, 6) is 0.499. The van der Waals surface area contributed by atoms with Gasteiger partial charge in [0, 0.05) is 12.2 Å². The number of methoxy groups -OCH3 is 1. The largest absolute Gasteiger partial charge is 0.465 e. The van der Waals surface area contributed by atoms with Crippen LogP contribution >= 0.6 is 11.3 Å². The molecule has 1 fully saturated rings. The van der Waals surface area contributed by atoms with Gasteiger partial charge in [-0.15, -0.1) is 11.3 Å². The van der Waals surface area contributed by atoms with Gasteiger partial charge in [-0.2, -0.15) is 4.98 Å². The molecule has 1 amide bonds. The molecule has 0 spiro atoms. The Morgan fingerprint density at radius 2 is 2.23 bits per heavy atom. The molecule has 3 aromatic rings. The van der Waals surface area contributed by atoms with Gasteiger partial charge in [-0.3, -0.25) is 9.69 Å². The molecule has 2 aromatic heterocycles. The minimum Gasteiger partial charge on any atom is -0.465 e. The van der Waals surface area contributed by atoms with Crippen LogP contribution in [-0.4, -0.2) is 47.1 Å². The molecule has 4 rings (SSSR count). The van der Waals surface area contributed by atoms with Crippen LogP contribution in [0.2, 0.25) is 0 Å². The van der Waals surface area contributed by atoms with E-state index in [9.17, 15) is 9.59 Å². The Morgan fingerprint density at radius 3 is 3.00 bits per heavy atom. The number of nitrogens with zero attached hydrogens (tertiary/aromatic N) is 3. The topological polar surface area (TPSA) is 97.6 Å². The molecular formula is C22H24N4O4S. The molecule has 1 aliphatic heterocycles. The molecule has 31 heavy (non-hydrogen) atoms. The zero-order valence-corrected chi connectivity index (χ0v) is 18.3. The predicted octanol–water partition coefficient (Wildman–Crippen LogP) is 3.74. The number of amides is 1. The van der Waals surface area contributed by atoms with Gasteiger partial charge in [0.1, 0.15) is 0 Å². The van der Waals surface area contributed by atoms with E-state index in [1.54, 1.807) is 29.5 Å². The summed E-state index contributed by atoms with van der Waals surface area (Å²) in [5.41, 5.74) is 1.93. The molecular weight excluding hydrogens is 416 g/mol. The minimum atomic E-state index is -0.430. The van der Waals surface area contributed by atoms with Gasteiger partial charge >= 0.3 is 5.97 Å². The number of ether oxygens (including phenoxy) is 1. The zero-order chi connectivity index (χ0) is 21.8. The summed E-state index contributed by atoms with van der Waals surface area (Å²) in [6.45, 7) is 3.89. The van der Waals surface area contributed by atoms with Gasteiger partial charge in [0.2, 0.25) is 17.6 Å². The van der Waals surface area contributed by atoms with Crippen LogP contribution in [-0.2, 0) is 16.1 Å². The van der Waals surface area contributed by atoms with Gasteiger partial charge < -0.3 is 14.6 Å². The van der Waals surface area contributed by atoms with Crippen LogP contribution < -0.4 is 5.32 Å². The molecule has 0 saturated carbocycles. The lowest BCUT2D eigenvalue weighted by atomic mass is 9.96. The van der Waals surface area contributed by atoms with Gasteiger partial charge in [0.05, 0.1) is 30.0 Å². The van der Waals surface area contributed by atoms with E-state index in [2.05, 4.69) is 20.4 Å². The second-order valence-electron chi connectivity index (χ2n) is 7.57. The van der Waals surface area contributed by atoms with Crippen LogP contribution in [0, 0.1) is 12.8 Å². The number of likely N-dealkylation sites (tertiary alicyclic amines) is 1. The van der Waals surface area contributed by atoms with Crippen LogP contribution in [0.1, 0.15) is 34.7 Å². The van der Waals surface area contributed by atoms with Gasteiger partial charge in [-0.05, 0) is 55.5 Å². The lowest BCUT2D eigenvalue weighted by Crippen LogP contribution is -2.40. The van der Waals surface area contributed by atoms with Crippen molar-refractivity contribution in [3.05, 3.63) is 52.7 Å². The maximum atomic E-state index is 12.9. The fraction of sp³-hybridized carbons (Fsp3) is 0.364. The van der Waals surface area contributed by atoms with Crippen molar-refractivity contribution in [1.29, 1.82) is 0 Å². The van der Waals surface area contributed by atoms with E-state index in [0.717, 1.165) is 29.8 Å². The first-order chi connectivity index (χ1) is 15.0. The monoisotopic (exact) mass is 440 g/mol. The Hall–Kier alpha value is -3.04. The summed E-state index contributed by atoms with van der Waals surface area (Å²) in [4.78, 5) is 32.3. The summed E-state index contributed by atoms with van der Waals surface area (Å²) in [6.07, 6.45) is 1.72. The van der Waals surface area contributed by atoms with E-state index in [-0.39, 0.29) is 11.8 Å². The summed E-state index contributed by atoms with van der Waals surface area (Å²) >= 11 is 1.57. The van der Waals surface area contributed by atoms with Crippen LogP contribution in [0.3, 0.4) is 0 Å². The number of nitrogens with one attached hydrogen (secondary N) is 1. The fourth-order valence-corrected chi connectivity index (χ4v) is 4.31. The third-order valence-corrected chi connectivity index (χ3v) is 6.23. The maximum absolute atomic E-state index is 12.9. The molecule has 1 atom stereocenters. The van der Waals surface area contributed by atoms with Crippen molar-refractivity contribution >= 4 is 28.9 Å². The Morgan fingerprint density at radius 1 is 1.35 bits per heavy atom. The number of esters is 1. The summed E-state index contributed by atoms with van der Waals surface area (Å²) < 4.78 is 10.2. The average molecular weight is 441 g/mol. The highest BCUT2D eigenvalue weighted by Crippen LogP contribution is 2.24. The quantitative estimate of drug-likeness (QED) is 0.583. The fourth-order valence-electron chi connectivity index (χ4n) is 3.67. The van der Waals surface area contributed by atoms with Crippen molar-refractivity contribution in [3.63, 3.8) is 0 Å². The molecule has 0 bridgehead atoms. The lowest BCUT2D eigenvalue weighted by Gasteiger charge is -2.31. The smallest absolute Gasteiger partial charge is 0.337 e. The highest BCUT2D eigenvalue weighted by molar-refractivity contribution is 7.13. The van der Waals surface area contributed by atoms with E-state index in [1.807, 2.05) is 24.4 Å². The van der Waals surface area contributed by atoms with E-state index in [0.29, 0.717) is 36.1 Å². The zero-order valence-electron chi connectivity index (χ0n) is 17.5. The Labute approximate surface area is 184 Å². The van der Waals surface area contributed by atoms with Crippen LogP contribution in [0.5, 0.6) is 0 Å². The molecule has 1 saturated heterocycles. The average Bonchev–Trinajstić information content (AvgIpc) is 3.47. The van der Waals surface area contributed by atoms with Crippen LogP contribution in [0.4, 0.5) is 5.69 Å². The molecule has 9 heteroatoms. The number of benzene rings is 1. The highest BCUT2D eigenvalue weighted by Gasteiger charge is 2.27. The summed E-state index contributed by atoms with van der Waals surface area (Å²) in [6, 6.07) is 9.05. The number of rotatable bonds is 6. The molecule has 1 aliphatic rings. The Kier molecular flexibility index (Phi) is 6.43. The number of thiophene rings is 1. The number of hydrogen-bond acceptors (Lipinski definition) is 8. The normalized spacial score (nSPS) is 16.8. The molecule has 0 radical (unpaired) electrons. The number of aryl methyl sites for hydroxylation is 1. The van der Waals surface area contributed by atoms with E-state index in [4.69, 9.17) is 9.26 Å². The van der Waals surface area contributed by atoms with Crippen LogP contribution in [0.15, 0.2) is 40.2 Å². The standard InChI is InChI=1S/C22H24N4O4S/c1-14-7-8-15(22(28)29-2)11-17(14)23-21(27)16-5-3-9-26(12-16)13-19-24-20(25-30-19)18-6-4-10-31-18/h4,6-8,10-11,16H,3,5,9,12-13H2,1-2H3,(H,23,27). The third kappa shape index (κ3) is 5.00. The second-order valence-corrected chi connectivity index (χ2v) is 8.52. The van der Waals surface area contributed by atoms with E-state index >= 15 is 0 Å². The number of carbonyl (C=O) groups is 2. The molecule has 8 nitrogen and oxygen atoms in total. The Bertz CT molecular complexity index is 1060. The summed E-state index contributed by atoms with van der Waals surface area (Å²) in [7, 11) is 1.34. The van der Waals surface area contributed by atoms with Crippen molar-refractivity contribution in [2.24, 2.45) is 5.92 Å². The molecule has 0 aliphatic carbocycles. The predicted molar refractivity (Wildman–Crippen MR) is 117 cm³/mol. The van der Waals surface area contributed by atoms with Crippen molar-refractivity contribution in [2.75, 3.05) is 25.5 Å².